The Bertz CT molecular complexity index is 307. The summed E-state index contributed by atoms with van der Waals surface area (Å²) < 4.78 is 5.82. The highest BCUT2D eigenvalue weighted by Gasteiger charge is 2.08. The van der Waals surface area contributed by atoms with E-state index in [0.717, 1.165) is 18.6 Å². The van der Waals surface area contributed by atoms with Crippen molar-refractivity contribution in [3.05, 3.63) is 29.8 Å². The average molecular weight is 221 g/mol. The van der Waals surface area contributed by atoms with E-state index in [9.17, 15) is 0 Å². The van der Waals surface area contributed by atoms with Gasteiger partial charge in [0.05, 0.1) is 6.10 Å². The zero-order chi connectivity index (χ0) is 12.0. The van der Waals surface area contributed by atoms with Crippen molar-refractivity contribution >= 4 is 0 Å². The number of nitrogens with one attached hydrogen (secondary N) is 1. The van der Waals surface area contributed by atoms with Crippen molar-refractivity contribution in [2.75, 3.05) is 7.05 Å². The van der Waals surface area contributed by atoms with Gasteiger partial charge < -0.3 is 10.1 Å². The van der Waals surface area contributed by atoms with E-state index in [-0.39, 0.29) is 6.10 Å². The van der Waals surface area contributed by atoms with Gasteiger partial charge in [-0.1, -0.05) is 26.0 Å². The van der Waals surface area contributed by atoms with Crippen LogP contribution in [0.15, 0.2) is 24.3 Å². The standard InChI is InChI=1S/C14H23NO/c1-5-11(3)16-13-9-7-8-12(10-13)14(6-2)15-4/h7-11,14-15H,5-6H2,1-4H3. The number of hydrogen-bond acceptors (Lipinski definition) is 2. The van der Waals surface area contributed by atoms with Crippen LogP contribution in [-0.2, 0) is 0 Å². The highest BCUT2D eigenvalue weighted by Crippen LogP contribution is 2.22. The van der Waals surface area contributed by atoms with Crippen molar-refractivity contribution < 1.29 is 4.74 Å². The Morgan fingerprint density at radius 1 is 1.25 bits per heavy atom. The van der Waals surface area contributed by atoms with Crippen LogP contribution in [0.1, 0.15) is 45.2 Å². The predicted octanol–water partition coefficient (Wildman–Crippen LogP) is 3.53. The summed E-state index contributed by atoms with van der Waals surface area (Å²) in [4.78, 5) is 0. The molecule has 0 saturated heterocycles. The molecule has 0 aliphatic carbocycles. The van der Waals surface area contributed by atoms with Gasteiger partial charge in [0.1, 0.15) is 5.75 Å². The van der Waals surface area contributed by atoms with Crippen LogP contribution in [0, 0.1) is 0 Å². The number of benzene rings is 1. The summed E-state index contributed by atoms with van der Waals surface area (Å²) >= 11 is 0. The zero-order valence-corrected chi connectivity index (χ0v) is 10.8. The molecule has 2 atom stereocenters. The molecule has 1 aromatic rings. The molecule has 0 aliphatic heterocycles. The van der Waals surface area contributed by atoms with Crippen molar-refractivity contribution in [3.8, 4) is 5.75 Å². The van der Waals surface area contributed by atoms with E-state index >= 15 is 0 Å². The van der Waals surface area contributed by atoms with Gasteiger partial charge in [-0.15, -0.1) is 0 Å². The van der Waals surface area contributed by atoms with Gasteiger partial charge in [0, 0.05) is 6.04 Å². The van der Waals surface area contributed by atoms with Crippen LogP contribution in [0.5, 0.6) is 5.75 Å². The number of rotatable bonds is 6. The van der Waals surface area contributed by atoms with Crippen molar-refractivity contribution in [2.45, 2.75) is 45.8 Å². The third-order valence-electron chi connectivity index (χ3n) is 2.93. The van der Waals surface area contributed by atoms with E-state index in [1.54, 1.807) is 0 Å². The SMILES string of the molecule is CCC(C)Oc1cccc(C(CC)NC)c1. The normalized spacial score (nSPS) is 14.5. The lowest BCUT2D eigenvalue weighted by atomic mass is 10.0. The first-order valence-electron chi connectivity index (χ1n) is 6.15. The summed E-state index contributed by atoms with van der Waals surface area (Å²) in [6.07, 6.45) is 2.40. The molecule has 2 nitrogen and oxygen atoms in total. The fourth-order valence-corrected chi connectivity index (χ4v) is 1.73. The number of hydrogen-bond donors (Lipinski definition) is 1. The molecular formula is C14H23NO. The first-order valence-corrected chi connectivity index (χ1v) is 6.15. The molecule has 16 heavy (non-hydrogen) atoms. The lowest BCUT2D eigenvalue weighted by Crippen LogP contribution is -2.15. The zero-order valence-electron chi connectivity index (χ0n) is 10.8. The van der Waals surface area contributed by atoms with Crippen molar-refractivity contribution in [3.63, 3.8) is 0 Å². The van der Waals surface area contributed by atoms with Gasteiger partial charge in [0.25, 0.3) is 0 Å². The molecular weight excluding hydrogens is 198 g/mol. The minimum Gasteiger partial charge on any atom is -0.491 e. The molecule has 0 fully saturated rings. The van der Waals surface area contributed by atoms with Crippen LogP contribution in [0.4, 0.5) is 0 Å². The fourth-order valence-electron chi connectivity index (χ4n) is 1.73. The highest BCUT2D eigenvalue weighted by molar-refractivity contribution is 5.30. The maximum atomic E-state index is 5.82. The summed E-state index contributed by atoms with van der Waals surface area (Å²) in [6.45, 7) is 6.42. The van der Waals surface area contributed by atoms with E-state index in [1.165, 1.54) is 5.56 Å². The first-order chi connectivity index (χ1) is 7.71. The fraction of sp³-hybridized carbons (Fsp3) is 0.571. The van der Waals surface area contributed by atoms with Gasteiger partial charge in [-0.25, -0.2) is 0 Å². The second-order valence-electron chi connectivity index (χ2n) is 4.16. The number of ether oxygens (including phenoxy) is 1. The summed E-state index contributed by atoms with van der Waals surface area (Å²) in [5.41, 5.74) is 1.30. The molecule has 90 valence electrons. The van der Waals surface area contributed by atoms with E-state index in [2.05, 4.69) is 44.3 Å². The second kappa shape index (κ2) is 6.54. The lowest BCUT2D eigenvalue weighted by Gasteiger charge is -2.17. The maximum absolute atomic E-state index is 5.82. The van der Waals surface area contributed by atoms with Crippen molar-refractivity contribution in [1.29, 1.82) is 0 Å². The third kappa shape index (κ3) is 3.53. The third-order valence-corrected chi connectivity index (χ3v) is 2.93. The predicted molar refractivity (Wildman–Crippen MR) is 68.9 cm³/mol. The van der Waals surface area contributed by atoms with Crippen LogP contribution in [0.2, 0.25) is 0 Å². The van der Waals surface area contributed by atoms with Gasteiger partial charge in [-0.05, 0) is 44.5 Å². The Balaban J connectivity index is 2.77. The average Bonchev–Trinajstić information content (AvgIpc) is 2.31. The topological polar surface area (TPSA) is 21.3 Å². The molecule has 1 aromatic carbocycles. The second-order valence-corrected chi connectivity index (χ2v) is 4.16. The summed E-state index contributed by atoms with van der Waals surface area (Å²) in [5.74, 6) is 0.973. The van der Waals surface area contributed by atoms with Crippen LogP contribution in [0.25, 0.3) is 0 Å². The van der Waals surface area contributed by atoms with Gasteiger partial charge in [0.15, 0.2) is 0 Å². The minimum atomic E-state index is 0.282. The summed E-state index contributed by atoms with van der Waals surface area (Å²) in [7, 11) is 2.00. The van der Waals surface area contributed by atoms with Gasteiger partial charge >= 0.3 is 0 Å². The van der Waals surface area contributed by atoms with E-state index in [0.29, 0.717) is 6.04 Å². The molecule has 0 amide bonds. The summed E-state index contributed by atoms with van der Waals surface area (Å²) in [5, 5.41) is 3.31. The van der Waals surface area contributed by atoms with Crippen molar-refractivity contribution in [2.24, 2.45) is 0 Å². The highest BCUT2D eigenvalue weighted by atomic mass is 16.5. The monoisotopic (exact) mass is 221 g/mol. The first kappa shape index (κ1) is 13.0. The molecule has 0 saturated carbocycles. The van der Waals surface area contributed by atoms with Gasteiger partial charge in [-0.3, -0.25) is 0 Å². The van der Waals surface area contributed by atoms with E-state index in [1.807, 2.05) is 13.1 Å². The lowest BCUT2D eigenvalue weighted by molar-refractivity contribution is 0.217. The van der Waals surface area contributed by atoms with Crippen LogP contribution < -0.4 is 10.1 Å². The smallest absolute Gasteiger partial charge is 0.120 e. The quantitative estimate of drug-likeness (QED) is 0.793. The van der Waals surface area contributed by atoms with Crippen LogP contribution in [0.3, 0.4) is 0 Å². The molecule has 2 unspecified atom stereocenters. The Kier molecular flexibility index (Phi) is 5.33. The summed E-state index contributed by atoms with van der Waals surface area (Å²) in [6, 6.07) is 8.79. The van der Waals surface area contributed by atoms with Crippen LogP contribution >= 0.6 is 0 Å². The molecule has 0 bridgehead atoms. The Labute approximate surface area is 99.0 Å². The van der Waals surface area contributed by atoms with Crippen molar-refractivity contribution in [1.82, 2.24) is 5.32 Å². The molecule has 0 heterocycles. The van der Waals surface area contributed by atoms with E-state index < -0.39 is 0 Å². The minimum absolute atomic E-state index is 0.282. The molecule has 1 N–H and O–H groups in total. The largest absolute Gasteiger partial charge is 0.491 e. The molecule has 0 radical (unpaired) electrons. The molecule has 2 heteroatoms. The Hall–Kier alpha value is -1.02. The molecule has 1 rings (SSSR count). The Morgan fingerprint density at radius 2 is 2.00 bits per heavy atom. The van der Waals surface area contributed by atoms with Gasteiger partial charge in [0.2, 0.25) is 0 Å². The maximum Gasteiger partial charge on any atom is 0.120 e. The van der Waals surface area contributed by atoms with Gasteiger partial charge in [-0.2, -0.15) is 0 Å². The molecule has 0 aromatic heterocycles. The Morgan fingerprint density at radius 3 is 2.56 bits per heavy atom. The molecule has 0 aliphatic rings. The van der Waals surface area contributed by atoms with Crippen LogP contribution in [-0.4, -0.2) is 13.2 Å². The molecule has 0 spiro atoms. The van der Waals surface area contributed by atoms with E-state index in [4.69, 9.17) is 4.74 Å².